The van der Waals surface area contributed by atoms with E-state index in [-0.39, 0.29) is 25.7 Å². The first-order valence-corrected chi connectivity index (χ1v) is 9.42. The third-order valence-corrected chi connectivity index (χ3v) is 5.96. The van der Waals surface area contributed by atoms with Gasteiger partial charge in [-0.3, -0.25) is 14.4 Å². The zero-order valence-electron chi connectivity index (χ0n) is 15.9. The Morgan fingerprint density at radius 1 is 1.04 bits per heavy atom. The predicted octanol–water partition coefficient (Wildman–Crippen LogP) is 3.07. The number of aliphatic hydroxyl groups is 1. The lowest BCUT2D eigenvalue weighted by atomic mass is 9.50. The topological polar surface area (TPSA) is 112 Å². The van der Waals surface area contributed by atoms with E-state index in [2.05, 4.69) is 0 Å². The van der Waals surface area contributed by atoms with Gasteiger partial charge in [0.05, 0.1) is 5.41 Å². The summed E-state index contributed by atoms with van der Waals surface area (Å²) in [4.78, 5) is 38.4. The van der Waals surface area contributed by atoms with Gasteiger partial charge < -0.3 is 15.3 Å². The van der Waals surface area contributed by atoms with Gasteiger partial charge in [-0.2, -0.15) is 0 Å². The minimum absolute atomic E-state index is 0.0661. The van der Waals surface area contributed by atoms with E-state index in [0.717, 1.165) is 0 Å². The first-order valence-electron chi connectivity index (χ1n) is 9.42. The lowest BCUT2D eigenvalue weighted by molar-refractivity contribution is -0.190. The maximum Gasteiger partial charge on any atom is 0.318 e. The molecule has 1 saturated carbocycles. The van der Waals surface area contributed by atoms with Gasteiger partial charge in [-0.1, -0.05) is 56.5 Å². The van der Waals surface area contributed by atoms with Crippen LogP contribution in [0.1, 0.15) is 57.9 Å². The second-order valence-corrected chi connectivity index (χ2v) is 7.82. The molecule has 148 valence electrons. The van der Waals surface area contributed by atoms with E-state index in [0.29, 0.717) is 24.8 Å². The first-order chi connectivity index (χ1) is 12.6. The van der Waals surface area contributed by atoms with Crippen molar-refractivity contribution in [1.29, 1.82) is 0 Å². The summed E-state index contributed by atoms with van der Waals surface area (Å²) in [7, 11) is 0. The summed E-state index contributed by atoms with van der Waals surface area (Å²) in [5.74, 6) is -3.64. The number of hydrogen-bond donors (Lipinski definition) is 3. The van der Waals surface area contributed by atoms with Crippen LogP contribution < -0.4 is 0 Å². The summed E-state index contributed by atoms with van der Waals surface area (Å²) in [5.41, 5.74) is -5.18. The van der Waals surface area contributed by atoms with Gasteiger partial charge in [0.1, 0.15) is 11.0 Å². The number of carboxylic acid groups (broad SMARTS) is 2. The van der Waals surface area contributed by atoms with E-state index >= 15 is 0 Å². The molecule has 3 unspecified atom stereocenters. The second kappa shape index (κ2) is 7.80. The Morgan fingerprint density at radius 2 is 1.63 bits per heavy atom. The lowest BCUT2D eigenvalue weighted by Crippen LogP contribution is -2.64. The third kappa shape index (κ3) is 3.50. The second-order valence-electron chi connectivity index (χ2n) is 7.82. The molecule has 0 aromatic heterocycles. The van der Waals surface area contributed by atoms with Crippen molar-refractivity contribution in [2.75, 3.05) is 0 Å². The SMILES string of the molecule is CCCC(C)(O)C(=O)C1(C(=O)O)CCCCC1(Cc1ccccc1)C(=O)O. The molecule has 0 aliphatic heterocycles. The molecule has 2 rings (SSSR count). The zero-order chi connectivity index (χ0) is 20.3. The minimum Gasteiger partial charge on any atom is -0.481 e. The molecule has 6 heteroatoms. The van der Waals surface area contributed by atoms with Crippen LogP contribution in [0, 0.1) is 10.8 Å². The van der Waals surface area contributed by atoms with E-state index in [1.807, 2.05) is 0 Å². The van der Waals surface area contributed by atoms with Crippen LogP contribution in [0.25, 0.3) is 0 Å². The fourth-order valence-corrected chi connectivity index (χ4v) is 4.62. The molecule has 1 aromatic carbocycles. The summed E-state index contributed by atoms with van der Waals surface area (Å²) < 4.78 is 0. The van der Waals surface area contributed by atoms with E-state index in [4.69, 9.17) is 0 Å². The molecule has 0 saturated heterocycles. The van der Waals surface area contributed by atoms with Gasteiger partial charge in [0.2, 0.25) is 0 Å². The minimum atomic E-state index is -2.16. The molecule has 1 aliphatic carbocycles. The molecular weight excluding hydrogens is 348 g/mol. The maximum atomic E-state index is 13.4. The maximum absolute atomic E-state index is 13.4. The number of ketones is 1. The fraction of sp³-hybridized carbons (Fsp3) is 0.571. The normalized spacial score (nSPS) is 27.5. The zero-order valence-corrected chi connectivity index (χ0v) is 15.9. The molecule has 0 bridgehead atoms. The van der Waals surface area contributed by atoms with Crippen LogP contribution in [0.15, 0.2) is 30.3 Å². The van der Waals surface area contributed by atoms with Crippen molar-refractivity contribution < 1.29 is 29.7 Å². The van der Waals surface area contributed by atoms with Gasteiger partial charge in [-0.15, -0.1) is 0 Å². The monoisotopic (exact) mass is 376 g/mol. The molecule has 0 spiro atoms. The molecule has 1 aliphatic rings. The predicted molar refractivity (Wildman–Crippen MR) is 99.3 cm³/mol. The Labute approximate surface area is 159 Å². The number of hydrogen-bond acceptors (Lipinski definition) is 4. The van der Waals surface area contributed by atoms with Crippen LogP contribution >= 0.6 is 0 Å². The first kappa shape index (κ1) is 21.1. The van der Waals surface area contributed by atoms with Crippen LogP contribution in [-0.4, -0.2) is 38.6 Å². The van der Waals surface area contributed by atoms with Crippen LogP contribution in [-0.2, 0) is 20.8 Å². The van der Waals surface area contributed by atoms with Crippen molar-refractivity contribution in [3.05, 3.63) is 35.9 Å². The van der Waals surface area contributed by atoms with E-state index in [1.54, 1.807) is 37.3 Å². The van der Waals surface area contributed by atoms with Crippen molar-refractivity contribution in [2.24, 2.45) is 10.8 Å². The molecule has 3 atom stereocenters. The molecule has 0 radical (unpaired) electrons. The fourth-order valence-electron chi connectivity index (χ4n) is 4.62. The van der Waals surface area contributed by atoms with E-state index < -0.39 is 34.2 Å². The van der Waals surface area contributed by atoms with Crippen LogP contribution in [0.3, 0.4) is 0 Å². The smallest absolute Gasteiger partial charge is 0.318 e. The molecular formula is C21H28O6. The number of carbonyl (C=O) groups excluding carboxylic acids is 1. The number of aliphatic carboxylic acids is 2. The summed E-state index contributed by atoms with van der Waals surface area (Å²) in [6, 6.07) is 8.77. The summed E-state index contributed by atoms with van der Waals surface area (Å²) in [5, 5.41) is 31.1. The highest BCUT2D eigenvalue weighted by molar-refractivity contribution is 6.11. The number of benzene rings is 1. The van der Waals surface area contributed by atoms with Crippen molar-refractivity contribution in [1.82, 2.24) is 0 Å². The summed E-state index contributed by atoms with van der Waals surface area (Å²) >= 11 is 0. The van der Waals surface area contributed by atoms with E-state index in [1.165, 1.54) is 6.92 Å². The average Bonchev–Trinajstić information content (AvgIpc) is 2.62. The molecule has 0 heterocycles. The average molecular weight is 376 g/mol. The Bertz CT molecular complexity index is 711. The molecule has 3 N–H and O–H groups in total. The number of Topliss-reactive ketones (excluding diaryl/α,β-unsaturated/α-hetero) is 1. The largest absolute Gasteiger partial charge is 0.481 e. The summed E-state index contributed by atoms with van der Waals surface area (Å²) in [6.07, 6.45) is 1.46. The highest BCUT2D eigenvalue weighted by Crippen LogP contribution is 2.55. The lowest BCUT2D eigenvalue weighted by Gasteiger charge is -2.49. The Hall–Kier alpha value is -2.21. The number of carboxylic acids is 2. The summed E-state index contributed by atoms with van der Waals surface area (Å²) in [6.45, 7) is 3.08. The van der Waals surface area contributed by atoms with Crippen molar-refractivity contribution in [3.8, 4) is 0 Å². The number of carbonyl (C=O) groups is 3. The molecule has 1 aromatic rings. The highest BCUT2D eigenvalue weighted by atomic mass is 16.4. The quantitative estimate of drug-likeness (QED) is 0.601. The van der Waals surface area contributed by atoms with Crippen molar-refractivity contribution >= 4 is 17.7 Å². The Balaban J connectivity index is 2.68. The highest BCUT2D eigenvalue weighted by Gasteiger charge is 2.68. The van der Waals surface area contributed by atoms with Crippen molar-refractivity contribution in [2.45, 2.75) is 64.4 Å². The third-order valence-electron chi connectivity index (χ3n) is 5.96. The van der Waals surface area contributed by atoms with Crippen LogP contribution in [0.5, 0.6) is 0 Å². The molecule has 27 heavy (non-hydrogen) atoms. The van der Waals surface area contributed by atoms with Gasteiger partial charge in [0.15, 0.2) is 5.78 Å². The van der Waals surface area contributed by atoms with Gasteiger partial charge in [-0.05, 0) is 38.2 Å². The van der Waals surface area contributed by atoms with Crippen LogP contribution in [0.2, 0.25) is 0 Å². The molecule has 1 fully saturated rings. The molecule has 0 amide bonds. The van der Waals surface area contributed by atoms with Gasteiger partial charge in [0.25, 0.3) is 0 Å². The molecule has 6 nitrogen and oxygen atoms in total. The Kier molecular flexibility index (Phi) is 6.10. The van der Waals surface area contributed by atoms with Gasteiger partial charge in [0, 0.05) is 0 Å². The van der Waals surface area contributed by atoms with E-state index in [9.17, 15) is 29.7 Å². The standard InChI is InChI=1S/C21H28O6/c1-3-11-19(2,27)16(22)21(18(25)26)13-8-7-12-20(21,17(23)24)14-15-9-5-4-6-10-15/h4-6,9-10,27H,3,7-8,11-14H2,1-2H3,(H,23,24)(H,25,26). The van der Waals surface area contributed by atoms with Gasteiger partial charge >= 0.3 is 11.9 Å². The van der Waals surface area contributed by atoms with Crippen LogP contribution in [0.4, 0.5) is 0 Å². The van der Waals surface area contributed by atoms with Gasteiger partial charge in [-0.25, -0.2) is 0 Å². The number of rotatable bonds is 8. The Morgan fingerprint density at radius 3 is 2.15 bits per heavy atom. The van der Waals surface area contributed by atoms with Crippen molar-refractivity contribution in [3.63, 3.8) is 0 Å².